The smallest absolute Gasteiger partial charge is 0.230 e. The van der Waals surface area contributed by atoms with E-state index in [0.29, 0.717) is 19.0 Å². The van der Waals surface area contributed by atoms with Crippen molar-refractivity contribution in [1.82, 2.24) is 15.1 Å². The number of anilines is 1. The molecule has 0 unspecified atom stereocenters. The number of amides is 2. The molecule has 31 heavy (non-hydrogen) atoms. The lowest BCUT2D eigenvalue weighted by molar-refractivity contribution is -0.123. The van der Waals surface area contributed by atoms with Crippen LogP contribution in [-0.4, -0.2) is 34.2 Å². The summed E-state index contributed by atoms with van der Waals surface area (Å²) in [5, 5.41) is 10.2. The fourth-order valence-corrected chi connectivity index (χ4v) is 3.52. The molecule has 3 aromatic rings. The third kappa shape index (κ3) is 5.00. The number of nitrogens with one attached hydrogen (secondary N) is 2. The van der Waals surface area contributed by atoms with Crippen LogP contribution in [0.1, 0.15) is 25.8 Å². The van der Waals surface area contributed by atoms with E-state index in [1.165, 1.54) is 0 Å². The molecule has 0 spiro atoms. The highest BCUT2D eigenvalue weighted by molar-refractivity contribution is 5.97. The van der Waals surface area contributed by atoms with E-state index in [1.807, 2.05) is 73.1 Å². The minimum absolute atomic E-state index is 0.101. The third-order valence-electron chi connectivity index (χ3n) is 5.12. The van der Waals surface area contributed by atoms with Crippen molar-refractivity contribution in [2.24, 2.45) is 5.92 Å². The van der Waals surface area contributed by atoms with Crippen molar-refractivity contribution in [3.05, 3.63) is 66.2 Å². The maximum absolute atomic E-state index is 12.6. The van der Waals surface area contributed by atoms with Crippen molar-refractivity contribution in [2.45, 2.75) is 33.0 Å². The maximum atomic E-state index is 12.6. The SMILES string of the molecule is CC(C)OCc1cccc(-c2cc(NC(=O)[C@H]3CNC(=O)C3)nn2-c2ccccc2)c1. The summed E-state index contributed by atoms with van der Waals surface area (Å²) in [5.74, 6) is -0.237. The van der Waals surface area contributed by atoms with Crippen molar-refractivity contribution in [1.29, 1.82) is 0 Å². The summed E-state index contributed by atoms with van der Waals surface area (Å²) < 4.78 is 7.56. The number of nitrogens with zero attached hydrogens (tertiary/aromatic N) is 2. The zero-order chi connectivity index (χ0) is 21.8. The van der Waals surface area contributed by atoms with Gasteiger partial charge in [-0.2, -0.15) is 0 Å². The first-order valence-electron chi connectivity index (χ1n) is 10.4. The van der Waals surface area contributed by atoms with Gasteiger partial charge in [-0.3, -0.25) is 9.59 Å². The van der Waals surface area contributed by atoms with Gasteiger partial charge in [0, 0.05) is 24.6 Å². The Morgan fingerprint density at radius 2 is 2.00 bits per heavy atom. The Kier molecular flexibility index (Phi) is 6.13. The zero-order valence-corrected chi connectivity index (χ0v) is 17.7. The minimum Gasteiger partial charge on any atom is -0.374 e. The van der Waals surface area contributed by atoms with Crippen molar-refractivity contribution >= 4 is 17.6 Å². The molecule has 0 radical (unpaired) electrons. The van der Waals surface area contributed by atoms with Crippen molar-refractivity contribution < 1.29 is 14.3 Å². The van der Waals surface area contributed by atoms with E-state index in [2.05, 4.69) is 21.8 Å². The number of aromatic nitrogens is 2. The lowest BCUT2D eigenvalue weighted by atomic mass is 10.1. The van der Waals surface area contributed by atoms with E-state index in [4.69, 9.17) is 4.74 Å². The molecule has 1 fully saturated rings. The zero-order valence-electron chi connectivity index (χ0n) is 17.7. The molecule has 160 valence electrons. The largest absolute Gasteiger partial charge is 0.374 e. The van der Waals surface area contributed by atoms with Crippen LogP contribution in [0.25, 0.3) is 16.9 Å². The molecule has 2 amide bonds. The average molecular weight is 418 g/mol. The van der Waals surface area contributed by atoms with Crippen LogP contribution in [0.2, 0.25) is 0 Å². The van der Waals surface area contributed by atoms with E-state index in [0.717, 1.165) is 22.5 Å². The van der Waals surface area contributed by atoms with Gasteiger partial charge < -0.3 is 15.4 Å². The van der Waals surface area contributed by atoms with Crippen LogP contribution >= 0.6 is 0 Å². The van der Waals surface area contributed by atoms with Crippen molar-refractivity contribution in [2.75, 3.05) is 11.9 Å². The topological polar surface area (TPSA) is 85.2 Å². The molecule has 1 aromatic heterocycles. The fraction of sp³-hybridized carbons (Fsp3) is 0.292. The van der Waals surface area contributed by atoms with Gasteiger partial charge in [0.1, 0.15) is 0 Å². The molecule has 1 saturated heterocycles. The second-order valence-electron chi connectivity index (χ2n) is 7.92. The van der Waals surface area contributed by atoms with Crippen LogP contribution in [0.4, 0.5) is 5.82 Å². The van der Waals surface area contributed by atoms with Gasteiger partial charge in [-0.05, 0) is 37.6 Å². The summed E-state index contributed by atoms with van der Waals surface area (Å²) in [4.78, 5) is 24.0. The normalized spacial score (nSPS) is 15.8. The lowest BCUT2D eigenvalue weighted by Gasteiger charge is -2.10. The molecule has 4 rings (SSSR count). The summed E-state index contributed by atoms with van der Waals surface area (Å²) in [5.41, 5.74) is 3.78. The Bertz CT molecular complexity index is 1080. The number of benzene rings is 2. The molecule has 1 aliphatic rings. The minimum atomic E-state index is -0.380. The summed E-state index contributed by atoms with van der Waals surface area (Å²) in [7, 11) is 0. The van der Waals surface area contributed by atoms with Gasteiger partial charge in [0.2, 0.25) is 11.8 Å². The molecule has 7 nitrogen and oxygen atoms in total. The molecule has 2 N–H and O–H groups in total. The number of hydrogen-bond acceptors (Lipinski definition) is 4. The van der Waals surface area contributed by atoms with E-state index >= 15 is 0 Å². The van der Waals surface area contributed by atoms with Crippen LogP contribution in [0, 0.1) is 5.92 Å². The Morgan fingerprint density at radius 3 is 2.71 bits per heavy atom. The quantitative estimate of drug-likeness (QED) is 0.615. The molecule has 0 bridgehead atoms. The molecule has 0 saturated carbocycles. The third-order valence-corrected chi connectivity index (χ3v) is 5.12. The number of carbonyl (C=O) groups excluding carboxylic acids is 2. The average Bonchev–Trinajstić information content (AvgIpc) is 3.39. The summed E-state index contributed by atoms with van der Waals surface area (Å²) >= 11 is 0. The summed E-state index contributed by atoms with van der Waals surface area (Å²) in [6.45, 7) is 4.90. The Labute approximate surface area is 181 Å². The van der Waals surface area contributed by atoms with Crippen LogP contribution < -0.4 is 10.6 Å². The standard InChI is InChI=1S/C24H26N4O3/c1-16(2)31-15-17-7-6-8-18(11-17)21-13-22(26-24(30)19-12-23(29)25-14-19)27-28(21)20-9-4-3-5-10-20/h3-11,13,16,19H,12,14-15H2,1-2H3,(H,25,29)(H,26,27,30)/t19-/m1/s1. The molecule has 7 heteroatoms. The van der Waals surface area contributed by atoms with E-state index < -0.39 is 0 Å². The number of para-hydroxylation sites is 1. The summed E-state index contributed by atoms with van der Waals surface area (Å²) in [6.07, 6.45) is 0.355. The van der Waals surface area contributed by atoms with Gasteiger partial charge in [0.25, 0.3) is 0 Å². The highest BCUT2D eigenvalue weighted by Crippen LogP contribution is 2.27. The number of rotatable bonds is 7. The molecule has 1 atom stereocenters. The van der Waals surface area contributed by atoms with Gasteiger partial charge in [0.05, 0.1) is 30.0 Å². The fourth-order valence-electron chi connectivity index (χ4n) is 3.52. The predicted molar refractivity (Wildman–Crippen MR) is 119 cm³/mol. The number of carbonyl (C=O) groups is 2. The molecule has 1 aliphatic heterocycles. The van der Waals surface area contributed by atoms with Gasteiger partial charge in [-0.15, -0.1) is 5.10 Å². The summed E-state index contributed by atoms with van der Waals surface area (Å²) in [6, 6.07) is 19.7. The first-order chi connectivity index (χ1) is 15.0. The molecular formula is C24H26N4O3. The Hall–Kier alpha value is -3.45. The van der Waals surface area contributed by atoms with Crippen molar-refractivity contribution in [3.8, 4) is 16.9 Å². The van der Waals surface area contributed by atoms with Gasteiger partial charge in [0.15, 0.2) is 5.82 Å². The van der Waals surface area contributed by atoms with Crippen LogP contribution in [0.3, 0.4) is 0 Å². The van der Waals surface area contributed by atoms with E-state index in [1.54, 1.807) is 0 Å². The van der Waals surface area contributed by atoms with Gasteiger partial charge in [-0.25, -0.2) is 4.68 Å². The van der Waals surface area contributed by atoms with Crippen LogP contribution in [0.15, 0.2) is 60.7 Å². The first kappa shape index (κ1) is 20.8. The highest BCUT2D eigenvalue weighted by Gasteiger charge is 2.28. The molecule has 2 heterocycles. The van der Waals surface area contributed by atoms with E-state index in [9.17, 15) is 9.59 Å². The van der Waals surface area contributed by atoms with Crippen LogP contribution in [-0.2, 0) is 20.9 Å². The van der Waals surface area contributed by atoms with Gasteiger partial charge in [-0.1, -0.05) is 36.4 Å². The molecular weight excluding hydrogens is 392 g/mol. The van der Waals surface area contributed by atoms with Gasteiger partial charge >= 0.3 is 0 Å². The van der Waals surface area contributed by atoms with Crippen LogP contribution in [0.5, 0.6) is 0 Å². The van der Waals surface area contributed by atoms with Crippen molar-refractivity contribution in [3.63, 3.8) is 0 Å². The molecule has 0 aliphatic carbocycles. The second-order valence-corrected chi connectivity index (χ2v) is 7.92. The highest BCUT2D eigenvalue weighted by atomic mass is 16.5. The Balaban J connectivity index is 1.65. The number of ether oxygens (including phenoxy) is 1. The predicted octanol–water partition coefficient (Wildman–Crippen LogP) is 3.54. The molecule has 2 aromatic carbocycles. The monoisotopic (exact) mass is 418 g/mol. The second kappa shape index (κ2) is 9.14. The first-order valence-corrected chi connectivity index (χ1v) is 10.4. The van der Waals surface area contributed by atoms with E-state index in [-0.39, 0.29) is 30.3 Å². The Morgan fingerprint density at radius 1 is 1.19 bits per heavy atom. The number of hydrogen-bond donors (Lipinski definition) is 2. The lowest BCUT2D eigenvalue weighted by Crippen LogP contribution is -2.24. The maximum Gasteiger partial charge on any atom is 0.230 e.